The predicted molar refractivity (Wildman–Crippen MR) is 178 cm³/mol. The van der Waals surface area contributed by atoms with E-state index in [4.69, 9.17) is 10.2 Å². The Balaban J connectivity index is 0.000000232. The molecule has 0 saturated carbocycles. The minimum Gasteiger partial charge on any atom is -0.508 e. The first-order chi connectivity index (χ1) is 20.4. The largest absolute Gasteiger partial charge is 0.508 e. The van der Waals surface area contributed by atoms with Gasteiger partial charge in [0.05, 0.1) is 0 Å². The van der Waals surface area contributed by atoms with Gasteiger partial charge in [0, 0.05) is 34.3 Å². The number of phenols is 2. The first kappa shape index (κ1) is 32.3. The zero-order chi connectivity index (χ0) is 29.6. The summed E-state index contributed by atoms with van der Waals surface area (Å²) in [5.41, 5.74) is 11.2. The molecule has 0 amide bonds. The molecule has 0 aliphatic heterocycles. The maximum atomic E-state index is 8.63. The van der Waals surface area contributed by atoms with Crippen LogP contribution in [0.5, 0.6) is 11.5 Å². The summed E-state index contributed by atoms with van der Waals surface area (Å²) in [4.78, 5) is 0. The van der Waals surface area contributed by atoms with Crippen molar-refractivity contribution in [2.24, 2.45) is 5.92 Å². The van der Waals surface area contributed by atoms with Gasteiger partial charge in [-0.25, -0.2) is 0 Å². The normalized spacial score (nSPS) is 16.1. The molecule has 2 nitrogen and oxygen atoms in total. The van der Waals surface area contributed by atoms with Gasteiger partial charge < -0.3 is 10.2 Å². The van der Waals surface area contributed by atoms with E-state index in [0.29, 0.717) is 23.3 Å². The molecule has 4 aromatic carbocycles. The Labute approximate surface area is 276 Å². The molecule has 3 aliphatic rings. The van der Waals surface area contributed by atoms with Crippen molar-refractivity contribution in [3.8, 4) is 22.6 Å². The van der Waals surface area contributed by atoms with Crippen LogP contribution in [0.4, 0.5) is 0 Å². The number of aromatic hydroxyl groups is 2. The molecular formula is C39H37HfO2Si-. The number of phenolic OH excluding ortho intramolecular Hbond substituents is 2. The van der Waals surface area contributed by atoms with Gasteiger partial charge in [0.15, 0.2) is 0 Å². The van der Waals surface area contributed by atoms with Crippen molar-refractivity contribution in [1.82, 2.24) is 0 Å². The summed E-state index contributed by atoms with van der Waals surface area (Å²) in [6, 6.07) is 35.3. The SMILES string of the molecule is CC1=[C-]C2=CC=CC(=[Si](C)C)C(C)C2=C1C1c2ccccc2-c2ccccc21.Oc1ccccc1.Oc1ccccc1.[Hf]. The summed E-state index contributed by atoms with van der Waals surface area (Å²) < 4.78 is 0. The molecule has 3 aliphatic carbocycles. The molecule has 214 valence electrons. The van der Waals surface area contributed by atoms with E-state index in [-0.39, 0.29) is 25.8 Å². The van der Waals surface area contributed by atoms with Crippen LogP contribution in [0.1, 0.15) is 30.9 Å². The van der Waals surface area contributed by atoms with E-state index in [1.807, 2.05) is 12.1 Å². The number of hydrogen-bond acceptors (Lipinski definition) is 2. The average Bonchev–Trinajstić information content (AvgIpc) is 3.44. The zero-order valence-electron chi connectivity index (χ0n) is 25.2. The fraction of sp³-hybridized carbons (Fsp3) is 0.154. The Morgan fingerprint density at radius 1 is 0.651 bits per heavy atom. The third kappa shape index (κ3) is 7.14. The molecule has 0 bridgehead atoms. The van der Waals surface area contributed by atoms with Gasteiger partial charge in [0.2, 0.25) is 0 Å². The van der Waals surface area contributed by atoms with Crippen molar-refractivity contribution in [1.29, 1.82) is 0 Å². The van der Waals surface area contributed by atoms with Crippen LogP contribution in [-0.2, 0) is 25.8 Å². The predicted octanol–water partition coefficient (Wildman–Crippen LogP) is 9.28. The third-order valence-corrected chi connectivity index (χ3v) is 9.71. The molecule has 0 radical (unpaired) electrons. The number of benzene rings is 4. The monoisotopic (exact) mass is 745 g/mol. The molecule has 7 rings (SSSR count). The van der Waals surface area contributed by atoms with Crippen molar-refractivity contribution in [2.45, 2.75) is 32.9 Å². The van der Waals surface area contributed by atoms with Crippen molar-refractivity contribution >= 4 is 13.6 Å². The first-order valence-corrected chi connectivity index (χ1v) is 16.9. The van der Waals surface area contributed by atoms with Gasteiger partial charge in [0.25, 0.3) is 0 Å². The molecule has 0 heterocycles. The molecule has 0 aromatic heterocycles. The Morgan fingerprint density at radius 2 is 1.12 bits per heavy atom. The minimum atomic E-state index is -0.503. The van der Waals surface area contributed by atoms with Crippen LogP contribution in [0, 0.1) is 12.0 Å². The van der Waals surface area contributed by atoms with Crippen LogP contribution in [0.3, 0.4) is 0 Å². The zero-order valence-corrected chi connectivity index (χ0v) is 29.8. The molecule has 0 fully saturated rings. The Kier molecular flexibility index (Phi) is 11.1. The molecule has 43 heavy (non-hydrogen) atoms. The molecule has 4 aromatic rings. The second kappa shape index (κ2) is 14.7. The van der Waals surface area contributed by atoms with Gasteiger partial charge in [-0.15, -0.1) is 29.4 Å². The van der Waals surface area contributed by atoms with E-state index in [1.165, 1.54) is 44.5 Å². The van der Waals surface area contributed by atoms with E-state index in [1.54, 1.807) is 53.7 Å². The molecule has 2 N–H and O–H groups in total. The molecule has 0 saturated heterocycles. The molecule has 1 atom stereocenters. The van der Waals surface area contributed by atoms with Crippen LogP contribution in [0.25, 0.3) is 11.1 Å². The van der Waals surface area contributed by atoms with Gasteiger partial charge in [0.1, 0.15) is 11.5 Å². The quantitative estimate of drug-likeness (QED) is 0.151. The van der Waals surface area contributed by atoms with Crippen molar-refractivity contribution in [3.05, 3.63) is 167 Å². The molecule has 0 spiro atoms. The van der Waals surface area contributed by atoms with Crippen LogP contribution < -0.4 is 0 Å². The van der Waals surface area contributed by atoms with Crippen molar-refractivity contribution in [3.63, 3.8) is 0 Å². The van der Waals surface area contributed by atoms with Crippen LogP contribution in [-0.4, -0.2) is 23.8 Å². The number of para-hydroxylation sites is 2. The smallest absolute Gasteiger partial charge is 0.115 e. The maximum Gasteiger partial charge on any atom is 0.115 e. The van der Waals surface area contributed by atoms with Crippen molar-refractivity contribution < 1.29 is 36.1 Å². The summed E-state index contributed by atoms with van der Waals surface area (Å²) in [6.07, 6.45) is 10.6. The number of rotatable bonds is 1. The topological polar surface area (TPSA) is 40.5 Å². The standard InChI is InChI=1S/C27H25Si.2C6H6O.Hf/c1-17-16-19-10-9-15-24(28(3)4)18(2)26(19)25(17)27-22-13-7-5-11-20(22)21-12-6-8-14-23(21)27;2*7-6-4-2-1-3-5-6;/h5-15,18,27H,1-4H3;2*1-5,7H;/q-1;;;. The summed E-state index contributed by atoms with van der Waals surface area (Å²) >= 11 is 0. The van der Waals surface area contributed by atoms with E-state index >= 15 is 0 Å². The van der Waals surface area contributed by atoms with Gasteiger partial charge in [-0.1, -0.05) is 123 Å². The molecule has 4 heteroatoms. The van der Waals surface area contributed by atoms with Gasteiger partial charge in [-0.05, 0) is 58.4 Å². The van der Waals surface area contributed by atoms with Crippen LogP contribution in [0.2, 0.25) is 13.1 Å². The maximum absolute atomic E-state index is 8.63. The molecular weight excluding hydrogens is 707 g/mol. The number of allylic oxidation sites excluding steroid dienone is 8. The number of fused-ring (bicyclic) bond motifs is 4. The van der Waals surface area contributed by atoms with E-state index in [2.05, 4.69) is 99.8 Å². The van der Waals surface area contributed by atoms with Crippen LogP contribution in [0.15, 0.2) is 150 Å². The summed E-state index contributed by atoms with van der Waals surface area (Å²) in [6.45, 7) is 9.47. The fourth-order valence-corrected chi connectivity index (χ4v) is 7.56. The van der Waals surface area contributed by atoms with E-state index in [9.17, 15) is 0 Å². The molecule has 1 unspecified atom stereocenters. The van der Waals surface area contributed by atoms with Crippen LogP contribution >= 0.6 is 0 Å². The Bertz CT molecular complexity index is 1640. The Hall–Kier alpha value is -3.60. The second-order valence-electron chi connectivity index (χ2n) is 11.0. The van der Waals surface area contributed by atoms with Gasteiger partial charge in [-0.2, -0.15) is 11.1 Å². The second-order valence-corrected chi connectivity index (χ2v) is 13.5. The average molecular weight is 744 g/mol. The Morgan fingerprint density at radius 3 is 1.56 bits per heavy atom. The first-order valence-electron chi connectivity index (χ1n) is 14.4. The number of hydrogen-bond donors (Lipinski definition) is 2. The third-order valence-electron chi connectivity index (χ3n) is 7.96. The summed E-state index contributed by atoms with van der Waals surface area (Å²) in [7, 11) is -0.503. The summed E-state index contributed by atoms with van der Waals surface area (Å²) in [5, 5.41) is 18.9. The van der Waals surface area contributed by atoms with Gasteiger partial charge >= 0.3 is 0 Å². The minimum absolute atomic E-state index is 0. The van der Waals surface area contributed by atoms with E-state index < -0.39 is 8.41 Å². The van der Waals surface area contributed by atoms with E-state index in [0.717, 1.165) is 0 Å². The summed E-state index contributed by atoms with van der Waals surface area (Å²) in [5.74, 6) is 1.41. The van der Waals surface area contributed by atoms with Gasteiger partial charge in [-0.3, -0.25) is 0 Å². The van der Waals surface area contributed by atoms with Crippen molar-refractivity contribution in [2.75, 3.05) is 0 Å². The fourth-order valence-electron chi connectivity index (χ4n) is 6.12.